The van der Waals surface area contributed by atoms with E-state index in [2.05, 4.69) is 0 Å². The average Bonchev–Trinajstić information content (AvgIpc) is 2.77. The molecular formula is C14H23NO3S. The highest BCUT2D eigenvalue weighted by atomic mass is 32.2. The van der Waals surface area contributed by atoms with Gasteiger partial charge in [-0.15, -0.1) is 0 Å². The molecule has 4 nitrogen and oxygen atoms in total. The Labute approximate surface area is 118 Å². The standard InChI is InChI=1S/C14H23NO3S/c1-9(8-19-2)13(16)15-11-6-4-3-5-10(11)7-12(15)14(17)18/h9-12H,3-8H2,1-2H3,(H,17,18). The molecule has 4 unspecified atom stereocenters. The number of carboxylic acids is 1. The Kier molecular flexibility index (Phi) is 4.76. The minimum atomic E-state index is -0.834. The van der Waals surface area contributed by atoms with Crippen molar-refractivity contribution in [3.8, 4) is 0 Å². The van der Waals surface area contributed by atoms with Crippen LogP contribution in [0.3, 0.4) is 0 Å². The zero-order valence-electron chi connectivity index (χ0n) is 11.7. The van der Waals surface area contributed by atoms with Gasteiger partial charge in [0.15, 0.2) is 0 Å². The molecule has 0 spiro atoms. The van der Waals surface area contributed by atoms with E-state index in [1.807, 2.05) is 13.2 Å². The van der Waals surface area contributed by atoms with Gasteiger partial charge in [0.05, 0.1) is 0 Å². The Morgan fingerprint density at radius 3 is 2.68 bits per heavy atom. The second-order valence-corrected chi connectivity index (χ2v) is 6.71. The van der Waals surface area contributed by atoms with Gasteiger partial charge in [-0.3, -0.25) is 4.79 Å². The van der Waals surface area contributed by atoms with Gasteiger partial charge in [-0.25, -0.2) is 4.79 Å². The molecular weight excluding hydrogens is 262 g/mol. The highest BCUT2D eigenvalue weighted by molar-refractivity contribution is 7.98. The van der Waals surface area contributed by atoms with Gasteiger partial charge in [0, 0.05) is 17.7 Å². The molecule has 4 atom stereocenters. The van der Waals surface area contributed by atoms with Crippen LogP contribution in [0.2, 0.25) is 0 Å². The molecule has 0 aromatic heterocycles. The highest BCUT2D eigenvalue weighted by Gasteiger charge is 2.48. The molecule has 1 N–H and O–H groups in total. The zero-order valence-corrected chi connectivity index (χ0v) is 12.5. The van der Waals surface area contributed by atoms with Gasteiger partial charge in [-0.05, 0) is 31.4 Å². The molecule has 0 radical (unpaired) electrons. The molecule has 0 aromatic rings. The van der Waals surface area contributed by atoms with Gasteiger partial charge in [0.1, 0.15) is 6.04 Å². The smallest absolute Gasteiger partial charge is 0.326 e. The van der Waals surface area contributed by atoms with Crippen LogP contribution in [0.15, 0.2) is 0 Å². The van der Waals surface area contributed by atoms with Crippen LogP contribution >= 0.6 is 11.8 Å². The fourth-order valence-electron chi connectivity index (χ4n) is 3.57. The number of nitrogens with zero attached hydrogens (tertiary/aromatic N) is 1. The Morgan fingerprint density at radius 2 is 2.05 bits per heavy atom. The lowest BCUT2D eigenvalue weighted by molar-refractivity contribution is -0.151. The molecule has 1 heterocycles. The summed E-state index contributed by atoms with van der Waals surface area (Å²) in [6.45, 7) is 1.91. The normalized spacial score (nSPS) is 31.9. The number of carboxylic acid groups (broad SMARTS) is 1. The van der Waals surface area contributed by atoms with Gasteiger partial charge in [-0.1, -0.05) is 19.8 Å². The summed E-state index contributed by atoms with van der Waals surface area (Å²) in [7, 11) is 0. The van der Waals surface area contributed by atoms with Crippen molar-refractivity contribution in [3.05, 3.63) is 0 Å². The van der Waals surface area contributed by atoms with Crippen molar-refractivity contribution in [2.45, 2.75) is 51.1 Å². The van der Waals surface area contributed by atoms with Crippen molar-refractivity contribution in [2.75, 3.05) is 12.0 Å². The van der Waals surface area contributed by atoms with Gasteiger partial charge in [0.25, 0.3) is 0 Å². The lowest BCUT2D eigenvalue weighted by Crippen LogP contribution is -2.48. The van der Waals surface area contributed by atoms with E-state index in [1.54, 1.807) is 16.7 Å². The monoisotopic (exact) mass is 285 g/mol. The van der Waals surface area contributed by atoms with Crippen LogP contribution in [0.1, 0.15) is 39.0 Å². The third kappa shape index (κ3) is 2.91. The molecule has 0 aromatic carbocycles. The van der Waals surface area contributed by atoms with Crippen molar-refractivity contribution in [1.82, 2.24) is 4.90 Å². The number of thioether (sulfide) groups is 1. The fourth-order valence-corrected chi connectivity index (χ4v) is 4.22. The highest BCUT2D eigenvalue weighted by Crippen LogP contribution is 2.40. The summed E-state index contributed by atoms with van der Waals surface area (Å²) in [6, 6.07) is -0.420. The summed E-state index contributed by atoms with van der Waals surface area (Å²) in [5.74, 6) is 0.284. The minimum absolute atomic E-state index is 0.0381. The van der Waals surface area contributed by atoms with Crippen molar-refractivity contribution >= 4 is 23.6 Å². The summed E-state index contributed by atoms with van der Waals surface area (Å²) in [5, 5.41) is 9.39. The average molecular weight is 285 g/mol. The van der Waals surface area contributed by atoms with Crippen LogP contribution in [0.4, 0.5) is 0 Å². The Bertz CT molecular complexity index is 361. The molecule has 2 rings (SSSR count). The first-order valence-electron chi connectivity index (χ1n) is 7.10. The lowest BCUT2D eigenvalue weighted by Gasteiger charge is -2.34. The van der Waals surface area contributed by atoms with Gasteiger partial charge in [-0.2, -0.15) is 11.8 Å². The first-order chi connectivity index (χ1) is 9.06. The number of hydrogen-bond acceptors (Lipinski definition) is 3. The summed E-state index contributed by atoms with van der Waals surface area (Å²) < 4.78 is 0. The van der Waals surface area contributed by atoms with Crippen LogP contribution in [-0.4, -0.2) is 46.0 Å². The maximum atomic E-state index is 12.6. The first kappa shape index (κ1) is 14.7. The number of aliphatic carboxylic acids is 1. The molecule has 108 valence electrons. The maximum absolute atomic E-state index is 12.6. The number of rotatable bonds is 4. The van der Waals surface area contributed by atoms with E-state index >= 15 is 0 Å². The van der Waals surface area contributed by atoms with E-state index in [4.69, 9.17) is 0 Å². The van der Waals surface area contributed by atoms with Crippen molar-refractivity contribution < 1.29 is 14.7 Å². The lowest BCUT2D eigenvalue weighted by atomic mass is 9.84. The predicted molar refractivity (Wildman–Crippen MR) is 76.2 cm³/mol. The maximum Gasteiger partial charge on any atom is 0.326 e. The van der Waals surface area contributed by atoms with E-state index in [9.17, 15) is 14.7 Å². The number of hydrogen-bond donors (Lipinski definition) is 1. The molecule has 1 aliphatic heterocycles. The minimum Gasteiger partial charge on any atom is -0.480 e. The topological polar surface area (TPSA) is 57.6 Å². The van der Waals surface area contributed by atoms with Crippen molar-refractivity contribution in [3.63, 3.8) is 0 Å². The number of carbonyl (C=O) groups is 2. The summed E-state index contributed by atoms with van der Waals surface area (Å²) in [6.07, 6.45) is 6.98. The third-order valence-corrected chi connectivity index (χ3v) is 5.30. The molecule has 1 saturated carbocycles. The van der Waals surface area contributed by atoms with E-state index in [-0.39, 0.29) is 17.9 Å². The molecule has 1 saturated heterocycles. The van der Waals surface area contributed by atoms with Crippen LogP contribution in [0.25, 0.3) is 0 Å². The second-order valence-electron chi connectivity index (χ2n) is 5.80. The van der Waals surface area contributed by atoms with Crippen LogP contribution in [0.5, 0.6) is 0 Å². The predicted octanol–water partition coefficient (Wildman–Crippen LogP) is 2.23. The molecule has 2 fully saturated rings. The number of amides is 1. The SMILES string of the molecule is CSCC(C)C(=O)N1C(C(=O)O)CC2CCCCC21. The second kappa shape index (κ2) is 6.16. The molecule has 19 heavy (non-hydrogen) atoms. The quantitative estimate of drug-likeness (QED) is 0.860. The first-order valence-corrected chi connectivity index (χ1v) is 8.49. The van der Waals surface area contributed by atoms with E-state index in [0.717, 1.165) is 25.0 Å². The third-order valence-electron chi connectivity index (χ3n) is 4.47. The number of carbonyl (C=O) groups excluding carboxylic acids is 1. The summed E-state index contributed by atoms with van der Waals surface area (Å²) in [5.41, 5.74) is 0. The van der Waals surface area contributed by atoms with Crippen molar-refractivity contribution in [1.29, 1.82) is 0 Å². The van der Waals surface area contributed by atoms with Gasteiger partial charge < -0.3 is 10.0 Å². The molecule has 2 aliphatic rings. The Morgan fingerprint density at radius 1 is 1.37 bits per heavy atom. The zero-order chi connectivity index (χ0) is 14.0. The number of likely N-dealkylation sites (tertiary alicyclic amines) is 1. The largest absolute Gasteiger partial charge is 0.480 e. The van der Waals surface area contributed by atoms with Crippen molar-refractivity contribution in [2.24, 2.45) is 11.8 Å². The van der Waals surface area contributed by atoms with Crippen LogP contribution in [0, 0.1) is 11.8 Å². The van der Waals surface area contributed by atoms with Crippen LogP contribution < -0.4 is 0 Å². The molecule has 5 heteroatoms. The molecule has 1 amide bonds. The Balaban J connectivity index is 2.17. The van der Waals surface area contributed by atoms with Crippen LogP contribution in [-0.2, 0) is 9.59 Å². The summed E-state index contributed by atoms with van der Waals surface area (Å²) in [4.78, 5) is 25.7. The molecule has 1 aliphatic carbocycles. The summed E-state index contributed by atoms with van der Waals surface area (Å²) >= 11 is 1.64. The van der Waals surface area contributed by atoms with E-state index < -0.39 is 12.0 Å². The van der Waals surface area contributed by atoms with E-state index in [1.165, 1.54) is 6.42 Å². The van der Waals surface area contributed by atoms with E-state index in [0.29, 0.717) is 12.3 Å². The van der Waals surface area contributed by atoms with Gasteiger partial charge >= 0.3 is 5.97 Å². The Hall–Kier alpha value is -0.710. The van der Waals surface area contributed by atoms with Gasteiger partial charge in [0.2, 0.25) is 5.91 Å². The number of fused-ring (bicyclic) bond motifs is 1. The fraction of sp³-hybridized carbons (Fsp3) is 0.857. The molecule has 0 bridgehead atoms.